The van der Waals surface area contributed by atoms with Crippen molar-refractivity contribution in [3.05, 3.63) is 88.5 Å². The molecule has 46 heavy (non-hydrogen) atoms. The quantitative estimate of drug-likeness (QED) is 0.222. The zero-order chi connectivity index (χ0) is 31.8. The first-order chi connectivity index (χ1) is 22.3. The molecule has 3 N–H and O–H groups in total. The second-order valence-corrected chi connectivity index (χ2v) is 12.1. The minimum absolute atomic E-state index is 0.213. The number of amides is 4. The molecule has 3 aromatic heterocycles. The molecule has 2 saturated heterocycles. The Morgan fingerprint density at radius 1 is 1.07 bits per heavy atom. The zero-order valence-corrected chi connectivity index (χ0v) is 25.4. The summed E-state index contributed by atoms with van der Waals surface area (Å²) in [6, 6.07) is 12.7. The number of imide groups is 1. The number of piperidine rings is 1. The standard InChI is InChI=1S/C35H33N7O4/c1-41-15-5-10-29(41)28-16-23-19-37-31(17-27(23)38-28)39-33(44)26-12-11-21(18-36-26)6-2-3-7-22-8-4-9-24-25(22)20-42(35(24)46)30-13-14-32(43)40-34(30)45/h4,8-9,11-12,16-19,29-30,38H,2,5-6,10,13-15,20H2,1H3,(H,37,39,44)(H,40,43,45)/t29-,30?/m1/s1. The van der Waals surface area contributed by atoms with Crippen molar-refractivity contribution in [2.75, 3.05) is 18.9 Å². The molecule has 11 nitrogen and oxygen atoms in total. The number of aryl methyl sites for hydroxylation is 1. The average Bonchev–Trinajstić information content (AvgIpc) is 3.76. The summed E-state index contributed by atoms with van der Waals surface area (Å²) < 4.78 is 0. The molecule has 1 unspecified atom stereocenters. The summed E-state index contributed by atoms with van der Waals surface area (Å²) in [5.41, 5.74) is 5.43. The number of rotatable bonds is 6. The minimum Gasteiger partial charge on any atom is -0.357 e. The number of benzene rings is 1. The van der Waals surface area contributed by atoms with Gasteiger partial charge in [0.2, 0.25) is 11.8 Å². The van der Waals surface area contributed by atoms with E-state index in [9.17, 15) is 19.2 Å². The van der Waals surface area contributed by atoms with Crippen LogP contribution in [0.5, 0.6) is 0 Å². The molecule has 0 bridgehead atoms. The first-order valence-electron chi connectivity index (χ1n) is 15.5. The van der Waals surface area contributed by atoms with E-state index in [1.807, 2.05) is 18.2 Å². The molecule has 4 aromatic rings. The lowest BCUT2D eigenvalue weighted by Crippen LogP contribution is -2.52. The predicted octanol–water partition coefficient (Wildman–Crippen LogP) is 3.72. The van der Waals surface area contributed by atoms with Crippen molar-refractivity contribution in [2.45, 2.75) is 57.2 Å². The molecule has 232 valence electrons. The number of likely N-dealkylation sites (tertiary alicyclic amines) is 1. The van der Waals surface area contributed by atoms with Crippen molar-refractivity contribution >= 4 is 40.3 Å². The van der Waals surface area contributed by atoms with Crippen molar-refractivity contribution in [3.8, 4) is 11.8 Å². The van der Waals surface area contributed by atoms with Crippen molar-refractivity contribution in [3.63, 3.8) is 0 Å². The third-order valence-electron chi connectivity index (χ3n) is 9.05. The number of nitrogens with one attached hydrogen (secondary N) is 3. The van der Waals surface area contributed by atoms with Gasteiger partial charge in [-0.2, -0.15) is 0 Å². The maximum Gasteiger partial charge on any atom is 0.275 e. The summed E-state index contributed by atoms with van der Waals surface area (Å²) in [7, 11) is 2.14. The van der Waals surface area contributed by atoms with Crippen LogP contribution in [0.3, 0.4) is 0 Å². The number of H-pyrrole nitrogens is 1. The fraction of sp³-hybridized carbons (Fsp3) is 0.314. The first kappa shape index (κ1) is 29.4. The molecule has 0 radical (unpaired) electrons. The van der Waals surface area contributed by atoms with Gasteiger partial charge in [-0.1, -0.05) is 24.0 Å². The van der Waals surface area contributed by atoms with Crippen LogP contribution >= 0.6 is 0 Å². The van der Waals surface area contributed by atoms with Gasteiger partial charge in [-0.15, -0.1) is 0 Å². The van der Waals surface area contributed by atoms with Crippen LogP contribution < -0.4 is 10.6 Å². The number of hydrogen-bond donors (Lipinski definition) is 3. The summed E-state index contributed by atoms with van der Waals surface area (Å²) in [5.74, 6) is 5.54. The molecule has 6 heterocycles. The van der Waals surface area contributed by atoms with Gasteiger partial charge in [0, 0.05) is 66.1 Å². The molecule has 1 aromatic carbocycles. The van der Waals surface area contributed by atoms with Crippen LogP contribution in [0.1, 0.15) is 81.4 Å². The SMILES string of the molecule is CN1CCC[C@@H]1c1cc2cnc(NC(=O)c3ccc(CCC#Cc4cccc5c4CN(C4CCC(=O)NC4=O)C5=O)cn3)cc2[nH]1. The highest BCUT2D eigenvalue weighted by Gasteiger charge is 2.39. The topological polar surface area (TPSA) is 140 Å². The molecule has 0 spiro atoms. The van der Waals surface area contributed by atoms with Crippen LogP contribution in [0, 0.1) is 11.8 Å². The Morgan fingerprint density at radius 3 is 2.74 bits per heavy atom. The van der Waals surface area contributed by atoms with E-state index >= 15 is 0 Å². The number of anilines is 1. The zero-order valence-electron chi connectivity index (χ0n) is 25.4. The Hall–Kier alpha value is -5.34. The number of aromatic nitrogens is 3. The van der Waals surface area contributed by atoms with Gasteiger partial charge >= 0.3 is 0 Å². The molecule has 11 heteroatoms. The van der Waals surface area contributed by atoms with Crippen LogP contribution in [0.4, 0.5) is 5.82 Å². The number of pyridine rings is 2. The van der Waals surface area contributed by atoms with Crippen LogP contribution in [-0.2, 0) is 22.6 Å². The number of hydrogen-bond acceptors (Lipinski definition) is 7. The van der Waals surface area contributed by atoms with Crippen LogP contribution in [0.2, 0.25) is 0 Å². The van der Waals surface area contributed by atoms with Gasteiger partial charge in [0.25, 0.3) is 11.8 Å². The second-order valence-electron chi connectivity index (χ2n) is 12.1. The number of aromatic amines is 1. The molecule has 3 aliphatic heterocycles. The maximum atomic E-state index is 13.0. The van der Waals surface area contributed by atoms with E-state index < -0.39 is 11.9 Å². The van der Waals surface area contributed by atoms with Gasteiger partial charge in [-0.3, -0.25) is 34.4 Å². The van der Waals surface area contributed by atoms with Crippen molar-refractivity contribution < 1.29 is 19.2 Å². The monoisotopic (exact) mass is 615 g/mol. The molecule has 2 fully saturated rings. The molecule has 4 amide bonds. The van der Waals surface area contributed by atoms with E-state index in [0.29, 0.717) is 42.4 Å². The highest BCUT2D eigenvalue weighted by Crippen LogP contribution is 2.32. The van der Waals surface area contributed by atoms with Gasteiger partial charge in [0.15, 0.2) is 0 Å². The lowest BCUT2D eigenvalue weighted by Gasteiger charge is -2.29. The van der Waals surface area contributed by atoms with E-state index in [4.69, 9.17) is 0 Å². The van der Waals surface area contributed by atoms with E-state index in [2.05, 4.69) is 55.4 Å². The Balaban J connectivity index is 0.951. The van der Waals surface area contributed by atoms with Gasteiger partial charge in [-0.25, -0.2) is 4.98 Å². The predicted molar refractivity (Wildman–Crippen MR) is 171 cm³/mol. The highest BCUT2D eigenvalue weighted by molar-refractivity contribution is 6.06. The average molecular weight is 616 g/mol. The Labute approximate surface area is 265 Å². The summed E-state index contributed by atoms with van der Waals surface area (Å²) in [4.78, 5) is 66.0. The van der Waals surface area contributed by atoms with Crippen LogP contribution in [-0.4, -0.2) is 68.0 Å². The fourth-order valence-corrected chi connectivity index (χ4v) is 6.55. The summed E-state index contributed by atoms with van der Waals surface area (Å²) in [6.07, 6.45) is 7.49. The van der Waals surface area contributed by atoms with Gasteiger partial charge in [0.1, 0.15) is 17.6 Å². The lowest BCUT2D eigenvalue weighted by atomic mass is 10.0. The van der Waals surface area contributed by atoms with Crippen LogP contribution in [0.15, 0.2) is 54.9 Å². The molecule has 2 atom stereocenters. The Morgan fingerprint density at radius 2 is 1.96 bits per heavy atom. The largest absolute Gasteiger partial charge is 0.357 e. The molecular weight excluding hydrogens is 582 g/mol. The van der Waals surface area contributed by atoms with Gasteiger partial charge in [-0.05, 0) is 74.7 Å². The summed E-state index contributed by atoms with van der Waals surface area (Å²) in [6.45, 7) is 1.37. The third kappa shape index (κ3) is 5.75. The number of carbonyl (C=O) groups excluding carboxylic acids is 4. The van der Waals surface area contributed by atoms with Crippen molar-refractivity contribution in [1.82, 2.24) is 30.1 Å². The van der Waals surface area contributed by atoms with Crippen molar-refractivity contribution in [2.24, 2.45) is 0 Å². The number of fused-ring (bicyclic) bond motifs is 2. The molecule has 0 saturated carbocycles. The second kappa shape index (κ2) is 12.2. The smallest absolute Gasteiger partial charge is 0.275 e. The number of nitrogens with zero attached hydrogens (tertiary/aromatic N) is 4. The minimum atomic E-state index is -0.660. The van der Waals surface area contributed by atoms with E-state index in [1.54, 1.807) is 30.6 Å². The Kier molecular flexibility index (Phi) is 7.80. The van der Waals surface area contributed by atoms with Gasteiger partial charge < -0.3 is 15.2 Å². The van der Waals surface area contributed by atoms with Crippen LogP contribution in [0.25, 0.3) is 10.9 Å². The normalized spacial score (nSPS) is 19.6. The molecule has 0 aliphatic carbocycles. The van der Waals surface area contributed by atoms with Gasteiger partial charge in [0.05, 0.1) is 5.52 Å². The molecular formula is C35H33N7O4. The fourth-order valence-electron chi connectivity index (χ4n) is 6.55. The number of carbonyl (C=O) groups is 4. The van der Waals surface area contributed by atoms with E-state index in [1.165, 1.54) is 17.0 Å². The highest BCUT2D eigenvalue weighted by atomic mass is 16.2. The summed E-state index contributed by atoms with van der Waals surface area (Å²) in [5, 5.41) is 6.19. The molecule has 7 rings (SSSR count). The van der Waals surface area contributed by atoms with E-state index in [-0.39, 0.29) is 30.7 Å². The summed E-state index contributed by atoms with van der Waals surface area (Å²) >= 11 is 0. The maximum absolute atomic E-state index is 13.0. The lowest BCUT2D eigenvalue weighted by molar-refractivity contribution is -0.136. The third-order valence-corrected chi connectivity index (χ3v) is 9.05. The first-order valence-corrected chi connectivity index (χ1v) is 15.5. The van der Waals surface area contributed by atoms with E-state index in [0.717, 1.165) is 40.6 Å². The van der Waals surface area contributed by atoms with Crippen molar-refractivity contribution in [1.29, 1.82) is 0 Å². The Bertz CT molecular complexity index is 1940. The molecule has 3 aliphatic rings.